The molecule has 0 bridgehead atoms. The van der Waals surface area contributed by atoms with Gasteiger partial charge in [-0.2, -0.15) is 0 Å². The van der Waals surface area contributed by atoms with Crippen LogP contribution in [-0.2, 0) is 9.47 Å². The number of carbonyl (C=O) groups is 1. The van der Waals surface area contributed by atoms with E-state index in [1.165, 1.54) is 0 Å². The Labute approximate surface area is 128 Å². The zero-order chi connectivity index (χ0) is 15.5. The van der Waals surface area contributed by atoms with Crippen LogP contribution in [0.25, 0.3) is 0 Å². The molecular weight excluding hydrogens is 268 g/mol. The fraction of sp³-hybridized carbons (Fsp3) is 0.938. The van der Waals surface area contributed by atoms with Crippen LogP contribution in [0.2, 0.25) is 0 Å². The van der Waals surface area contributed by atoms with Crippen LogP contribution in [0.5, 0.6) is 0 Å². The lowest BCUT2D eigenvalue weighted by Gasteiger charge is -2.42. The molecule has 5 heteroatoms. The van der Waals surface area contributed by atoms with E-state index < -0.39 is 5.60 Å². The summed E-state index contributed by atoms with van der Waals surface area (Å²) in [4.78, 5) is 14.2. The first kappa shape index (κ1) is 16.6. The van der Waals surface area contributed by atoms with E-state index in [1.807, 2.05) is 25.7 Å². The fourth-order valence-electron chi connectivity index (χ4n) is 3.12. The number of piperidine rings is 1. The van der Waals surface area contributed by atoms with Crippen molar-refractivity contribution in [2.24, 2.45) is 0 Å². The third kappa shape index (κ3) is 4.85. The minimum Gasteiger partial charge on any atom is -0.444 e. The Bertz CT molecular complexity index is 348. The zero-order valence-corrected chi connectivity index (χ0v) is 13.9. The summed E-state index contributed by atoms with van der Waals surface area (Å²) in [5.74, 6) is 0. The van der Waals surface area contributed by atoms with Gasteiger partial charge >= 0.3 is 6.09 Å². The number of carbonyl (C=O) groups excluding carboxylic acids is 1. The maximum atomic E-state index is 12.3. The van der Waals surface area contributed by atoms with Gasteiger partial charge in [0.15, 0.2) is 0 Å². The predicted octanol–water partition coefficient (Wildman–Crippen LogP) is 2.54. The van der Waals surface area contributed by atoms with Crippen LogP contribution in [0.4, 0.5) is 4.79 Å². The Morgan fingerprint density at radius 3 is 2.67 bits per heavy atom. The maximum absolute atomic E-state index is 12.3. The fourth-order valence-corrected chi connectivity index (χ4v) is 3.12. The molecule has 0 radical (unpaired) electrons. The highest BCUT2D eigenvalue weighted by atomic mass is 16.6. The van der Waals surface area contributed by atoms with Gasteiger partial charge in [0, 0.05) is 31.3 Å². The minimum atomic E-state index is -0.436. The average Bonchev–Trinajstić information content (AvgIpc) is 2.40. The van der Waals surface area contributed by atoms with Crippen molar-refractivity contribution in [2.75, 3.05) is 19.8 Å². The molecule has 2 saturated heterocycles. The summed E-state index contributed by atoms with van der Waals surface area (Å²) in [6.07, 6.45) is 4.22. The number of nitrogens with one attached hydrogen (secondary N) is 1. The van der Waals surface area contributed by atoms with Crippen molar-refractivity contribution in [1.29, 1.82) is 0 Å². The number of rotatable bonds is 2. The Kier molecular flexibility index (Phi) is 5.49. The van der Waals surface area contributed by atoms with Crippen LogP contribution in [0.15, 0.2) is 0 Å². The summed E-state index contributed by atoms with van der Waals surface area (Å²) in [5, 5.41) is 3.68. The SMILES string of the molecule is CC1C(NC2CCCOC2)CCCN1C(=O)OC(C)(C)C. The molecular formula is C16H30N2O3. The molecule has 2 heterocycles. The molecule has 2 fully saturated rings. The quantitative estimate of drug-likeness (QED) is 0.851. The number of nitrogens with zero attached hydrogens (tertiary/aromatic N) is 1. The normalized spacial score (nSPS) is 31.0. The summed E-state index contributed by atoms with van der Waals surface area (Å²) in [6, 6.07) is 0.915. The van der Waals surface area contributed by atoms with Crippen LogP contribution < -0.4 is 5.32 Å². The summed E-state index contributed by atoms with van der Waals surface area (Å²) in [7, 11) is 0. The monoisotopic (exact) mass is 298 g/mol. The van der Waals surface area contributed by atoms with Crippen molar-refractivity contribution in [2.45, 2.75) is 77.1 Å². The van der Waals surface area contributed by atoms with Crippen molar-refractivity contribution >= 4 is 6.09 Å². The number of hydrogen-bond donors (Lipinski definition) is 1. The van der Waals surface area contributed by atoms with Crippen molar-refractivity contribution in [3.8, 4) is 0 Å². The van der Waals surface area contributed by atoms with Crippen LogP contribution in [0.1, 0.15) is 53.4 Å². The highest BCUT2D eigenvalue weighted by Gasteiger charge is 2.34. The van der Waals surface area contributed by atoms with Crippen molar-refractivity contribution in [3.05, 3.63) is 0 Å². The van der Waals surface area contributed by atoms with Crippen LogP contribution in [0.3, 0.4) is 0 Å². The maximum Gasteiger partial charge on any atom is 0.410 e. The third-order valence-corrected chi connectivity index (χ3v) is 4.23. The van der Waals surface area contributed by atoms with E-state index in [1.54, 1.807) is 0 Å². The standard InChI is InChI=1S/C16H30N2O3/c1-12-14(17-13-7-6-10-20-11-13)8-5-9-18(12)15(19)21-16(2,3)4/h12-14,17H,5-11H2,1-4H3. The van der Waals surface area contributed by atoms with E-state index in [2.05, 4.69) is 12.2 Å². The van der Waals surface area contributed by atoms with Crippen molar-refractivity contribution in [1.82, 2.24) is 10.2 Å². The second kappa shape index (κ2) is 6.97. The third-order valence-electron chi connectivity index (χ3n) is 4.23. The van der Waals surface area contributed by atoms with E-state index in [-0.39, 0.29) is 12.1 Å². The Balaban J connectivity index is 1.90. The van der Waals surface area contributed by atoms with Gasteiger partial charge in [0.25, 0.3) is 0 Å². The van der Waals surface area contributed by atoms with Gasteiger partial charge in [0.1, 0.15) is 5.60 Å². The molecule has 3 atom stereocenters. The highest BCUT2D eigenvalue weighted by molar-refractivity contribution is 5.68. The Morgan fingerprint density at radius 1 is 1.29 bits per heavy atom. The van der Waals surface area contributed by atoms with Crippen molar-refractivity contribution in [3.63, 3.8) is 0 Å². The lowest BCUT2D eigenvalue weighted by molar-refractivity contribution is 0.00304. The molecule has 2 rings (SSSR count). The van der Waals surface area contributed by atoms with Gasteiger partial charge in [0.2, 0.25) is 0 Å². The van der Waals surface area contributed by atoms with E-state index in [4.69, 9.17) is 9.47 Å². The number of amides is 1. The van der Waals surface area contributed by atoms with Gasteiger partial charge in [-0.1, -0.05) is 0 Å². The lowest BCUT2D eigenvalue weighted by atomic mass is 9.96. The van der Waals surface area contributed by atoms with E-state index >= 15 is 0 Å². The molecule has 122 valence electrons. The molecule has 0 aromatic rings. The van der Waals surface area contributed by atoms with E-state index in [0.29, 0.717) is 12.1 Å². The van der Waals surface area contributed by atoms with E-state index in [9.17, 15) is 4.79 Å². The number of hydrogen-bond acceptors (Lipinski definition) is 4. The second-order valence-electron chi connectivity index (χ2n) is 7.24. The lowest BCUT2D eigenvalue weighted by Crippen LogP contribution is -2.58. The van der Waals surface area contributed by atoms with Crippen LogP contribution in [0, 0.1) is 0 Å². The van der Waals surface area contributed by atoms with Crippen molar-refractivity contribution < 1.29 is 14.3 Å². The van der Waals surface area contributed by atoms with Gasteiger partial charge in [0.05, 0.1) is 6.61 Å². The van der Waals surface area contributed by atoms with Gasteiger partial charge in [-0.25, -0.2) is 4.79 Å². The van der Waals surface area contributed by atoms with E-state index in [0.717, 1.165) is 45.4 Å². The molecule has 0 spiro atoms. The predicted molar refractivity (Wildman–Crippen MR) is 82.4 cm³/mol. The molecule has 5 nitrogen and oxygen atoms in total. The molecule has 3 unspecified atom stereocenters. The molecule has 1 N–H and O–H groups in total. The van der Waals surface area contributed by atoms with Crippen LogP contribution >= 0.6 is 0 Å². The minimum absolute atomic E-state index is 0.163. The topological polar surface area (TPSA) is 50.8 Å². The smallest absolute Gasteiger partial charge is 0.410 e. The molecule has 0 aliphatic carbocycles. The summed E-state index contributed by atoms with van der Waals surface area (Å²) in [5.41, 5.74) is -0.436. The largest absolute Gasteiger partial charge is 0.444 e. The van der Waals surface area contributed by atoms with Gasteiger partial charge in [-0.05, 0) is 53.4 Å². The van der Waals surface area contributed by atoms with Crippen LogP contribution in [-0.4, -0.2) is 54.5 Å². The Morgan fingerprint density at radius 2 is 2.05 bits per heavy atom. The highest BCUT2D eigenvalue weighted by Crippen LogP contribution is 2.22. The molecule has 21 heavy (non-hydrogen) atoms. The number of likely N-dealkylation sites (tertiary alicyclic amines) is 1. The molecule has 1 amide bonds. The molecule has 0 saturated carbocycles. The first-order valence-electron chi connectivity index (χ1n) is 8.20. The summed E-state index contributed by atoms with van der Waals surface area (Å²) >= 11 is 0. The first-order valence-corrected chi connectivity index (χ1v) is 8.20. The van der Waals surface area contributed by atoms with Gasteiger partial charge < -0.3 is 19.7 Å². The summed E-state index contributed by atoms with van der Waals surface area (Å²) < 4.78 is 11.1. The van der Waals surface area contributed by atoms with Gasteiger partial charge in [-0.15, -0.1) is 0 Å². The molecule has 0 aromatic heterocycles. The first-order chi connectivity index (χ1) is 9.87. The number of ether oxygens (including phenoxy) is 2. The zero-order valence-electron chi connectivity index (χ0n) is 13.9. The summed E-state index contributed by atoms with van der Waals surface area (Å²) in [6.45, 7) is 10.3. The Hall–Kier alpha value is -0.810. The molecule has 2 aliphatic rings. The molecule has 0 aromatic carbocycles. The van der Waals surface area contributed by atoms with Gasteiger partial charge in [-0.3, -0.25) is 0 Å². The second-order valence-corrected chi connectivity index (χ2v) is 7.24. The average molecular weight is 298 g/mol. The molecule has 2 aliphatic heterocycles.